The van der Waals surface area contributed by atoms with Crippen LogP contribution < -0.4 is 10.6 Å². The van der Waals surface area contributed by atoms with Gasteiger partial charge in [0.2, 0.25) is 0 Å². The molecule has 2 unspecified atom stereocenters. The second kappa shape index (κ2) is 5.73. The third-order valence-electron chi connectivity index (χ3n) is 3.78. The molecule has 1 aliphatic heterocycles. The first-order valence-corrected chi connectivity index (χ1v) is 6.83. The van der Waals surface area contributed by atoms with Gasteiger partial charge >= 0.3 is 12.0 Å². The molecule has 114 valence electrons. The molecule has 1 heterocycles. The molecule has 0 radical (unpaired) electrons. The lowest BCUT2D eigenvalue weighted by Crippen LogP contribution is -2.57. The molecular formula is C15H20N2O4. The first-order chi connectivity index (χ1) is 9.86. The van der Waals surface area contributed by atoms with E-state index in [2.05, 4.69) is 10.6 Å². The molecule has 1 aromatic rings. The van der Waals surface area contributed by atoms with Crippen LogP contribution in [0.2, 0.25) is 0 Å². The van der Waals surface area contributed by atoms with E-state index in [4.69, 9.17) is 4.74 Å². The first-order valence-electron chi connectivity index (χ1n) is 6.83. The molecule has 1 fully saturated rings. The SMILES string of the molecule is CC1(NC(=O)NC(C)(C(=O)O)c2ccccc2)CCOC1. The van der Waals surface area contributed by atoms with E-state index in [9.17, 15) is 14.7 Å². The smallest absolute Gasteiger partial charge is 0.333 e. The Morgan fingerprint density at radius 3 is 2.52 bits per heavy atom. The Morgan fingerprint density at radius 2 is 2.00 bits per heavy atom. The number of hydrogen-bond acceptors (Lipinski definition) is 3. The van der Waals surface area contributed by atoms with Crippen molar-refractivity contribution < 1.29 is 19.4 Å². The molecule has 21 heavy (non-hydrogen) atoms. The van der Waals surface area contributed by atoms with Crippen LogP contribution in [-0.4, -0.2) is 35.9 Å². The third-order valence-corrected chi connectivity index (χ3v) is 3.78. The zero-order valence-electron chi connectivity index (χ0n) is 12.2. The van der Waals surface area contributed by atoms with Gasteiger partial charge in [-0.05, 0) is 25.8 Å². The standard InChI is InChI=1S/C15H20N2O4/c1-14(8-9-21-10-14)16-13(20)17-15(2,12(18)19)11-6-4-3-5-7-11/h3-7H,8-10H2,1-2H3,(H,18,19)(H2,16,17,20). The van der Waals surface area contributed by atoms with E-state index >= 15 is 0 Å². The highest BCUT2D eigenvalue weighted by Gasteiger charge is 2.39. The van der Waals surface area contributed by atoms with Crippen molar-refractivity contribution in [2.24, 2.45) is 0 Å². The molecule has 0 bridgehead atoms. The van der Waals surface area contributed by atoms with Gasteiger partial charge < -0.3 is 20.5 Å². The summed E-state index contributed by atoms with van der Waals surface area (Å²) in [5.74, 6) is -1.11. The van der Waals surface area contributed by atoms with E-state index in [1.54, 1.807) is 30.3 Å². The van der Waals surface area contributed by atoms with Gasteiger partial charge in [-0.2, -0.15) is 0 Å². The van der Waals surface area contributed by atoms with E-state index in [0.29, 0.717) is 25.2 Å². The Hall–Kier alpha value is -2.08. The van der Waals surface area contributed by atoms with E-state index in [1.165, 1.54) is 6.92 Å². The summed E-state index contributed by atoms with van der Waals surface area (Å²) < 4.78 is 5.26. The van der Waals surface area contributed by atoms with Crippen molar-refractivity contribution in [2.45, 2.75) is 31.3 Å². The number of nitrogens with one attached hydrogen (secondary N) is 2. The zero-order valence-corrected chi connectivity index (χ0v) is 12.2. The van der Waals surface area contributed by atoms with E-state index in [-0.39, 0.29) is 0 Å². The van der Waals surface area contributed by atoms with Crippen LogP contribution in [0.5, 0.6) is 0 Å². The number of carboxylic acid groups (broad SMARTS) is 1. The summed E-state index contributed by atoms with van der Waals surface area (Å²) in [4.78, 5) is 23.8. The van der Waals surface area contributed by atoms with Crippen LogP contribution in [0.4, 0.5) is 4.79 Å². The lowest BCUT2D eigenvalue weighted by atomic mass is 9.92. The first kappa shape index (κ1) is 15.3. The van der Waals surface area contributed by atoms with Gasteiger partial charge in [-0.3, -0.25) is 0 Å². The summed E-state index contributed by atoms with van der Waals surface area (Å²) in [6, 6.07) is 8.10. The van der Waals surface area contributed by atoms with Crippen molar-refractivity contribution in [3.05, 3.63) is 35.9 Å². The Bertz CT molecular complexity index is 526. The average molecular weight is 292 g/mol. The number of carbonyl (C=O) groups excluding carboxylic acids is 1. The number of amides is 2. The number of urea groups is 1. The zero-order chi connectivity index (χ0) is 15.5. The second-order valence-electron chi connectivity index (χ2n) is 5.74. The van der Waals surface area contributed by atoms with E-state index in [1.807, 2.05) is 6.92 Å². The van der Waals surface area contributed by atoms with Crippen LogP contribution in [0.1, 0.15) is 25.8 Å². The normalized spacial score (nSPS) is 24.1. The van der Waals surface area contributed by atoms with Crippen molar-refractivity contribution in [1.82, 2.24) is 10.6 Å². The number of rotatable bonds is 4. The molecule has 2 rings (SSSR count). The quantitative estimate of drug-likeness (QED) is 0.784. The number of carbonyl (C=O) groups is 2. The topological polar surface area (TPSA) is 87.7 Å². The summed E-state index contributed by atoms with van der Waals surface area (Å²) in [5, 5.41) is 14.8. The van der Waals surface area contributed by atoms with Crippen LogP contribution in [0.3, 0.4) is 0 Å². The summed E-state index contributed by atoms with van der Waals surface area (Å²) >= 11 is 0. The lowest BCUT2D eigenvalue weighted by Gasteiger charge is -2.30. The predicted octanol–water partition coefficient (Wildman–Crippen LogP) is 1.46. The molecule has 6 heteroatoms. The van der Waals surface area contributed by atoms with Crippen molar-refractivity contribution in [3.8, 4) is 0 Å². The van der Waals surface area contributed by atoms with E-state index in [0.717, 1.165) is 0 Å². The number of ether oxygens (including phenoxy) is 1. The molecule has 2 atom stereocenters. The Labute approximate surface area is 123 Å². The fraction of sp³-hybridized carbons (Fsp3) is 0.467. The molecule has 1 aromatic carbocycles. The highest BCUT2D eigenvalue weighted by molar-refractivity contribution is 5.87. The molecular weight excluding hydrogens is 272 g/mol. The van der Waals surface area contributed by atoms with Crippen LogP contribution in [0.15, 0.2) is 30.3 Å². The van der Waals surface area contributed by atoms with Crippen molar-refractivity contribution >= 4 is 12.0 Å². The van der Waals surface area contributed by atoms with Gasteiger partial charge in [0, 0.05) is 6.61 Å². The minimum atomic E-state index is -1.48. The molecule has 1 aliphatic rings. The van der Waals surface area contributed by atoms with Crippen LogP contribution in [0.25, 0.3) is 0 Å². The number of benzene rings is 1. The summed E-state index contributed by atoms with van der Waals surface area (Å²) in [5.41, 5.74) is -1.43. The molecule has 3 N–H and O–H groups in total. The van der Waals surface area contributed by atoms with Crippen LogP contribution in [-0.2, 0) is 15.1 Å². The van der Waals surface area contributed by atoms with Crippen molar-refractivity contribution in [3.63, 3.8) is 0 Å². The van der Waals surface area contributed by atoms with Crippen LogP contribution in [0, 0.1) is 0 Å². The third kappa shape index (κ3) is 3.33. The largest absolute Gasteiger partial charge is 0.479 e. The van der Waals surface area contributed by atoms with Gasteiger partial charge in [-0.1, -0.05) is 30.3 Å². The van der Waals surface area contributed by atoms with Crippen molar-refractivity contribution in [2.75, 3.05) is 13.2 Å². The molecule has 1 saturated heterocycles. The molecule has 0 aliphatic carbocycles. The highest BCUT2D eigenvalue weighted by atomic mass is 16.5. The summed E-state index contributed by atoms with van der Waals surface area (Å²) in [6.07, 6.45) is 0.704. The maximum Gasteiger partial charge on any atom is 0.333 e. The second-order valence-corrected chi connectivity index (χ2v) is 5.74. The molecule has 2 amide bonds. The maximum absolute atomic E-state index is 12.2. The molecule has 0 spiro atoms. The predicted molar refractivity (Wildman–Crippen MR) is 76.9 cm³/mol. The highest BCUT2D eigenvalue weighted by Crippen LogP contribution is 2.22. The lowest BCUT2D eigenvalue weighted by molar-refractivity contribution is -0.144. The number of hydrogen-bond donors (Lipinski definition) is 3. The van der Waals surface area contributed by atoms with Gasteiger partial charge in [0.05, 0.1) is 12.1 Å². The Kier molecular flexibility index (Phi) is 4.18. The van der Waals surface area contributed by atoms with Gasteiger partial charge in [0.15, 0.2) is 5.54 Å². The van der Waals surface area contributed by atoms with Gasteiger partial charge in [0.1, 0.15) is 0 Å². The van der Waals surface area contributed by atoms with Gasteiger partial charge in [-0.15, -0.1) is 0 Å². The van der Waals surface area contributed by atoms with Crippen LogP contribution >= 0.6 is 0 Å². The average Bonchev–Trinajstić information content (AvgIpc) is 2.85. The van der Waals surface area contributed by atoms with Crippen molar-refractivity contribution in [1.29, 1.82) is 0 Å². The fourth-order valence-electron chi connectivity index (χ4n) is 2.32. The minimum Gasteiger partial charge on any atom is -0.479 e. The summed E-state index contributed by atoms with van der Waals surface area (Å²) in [6.45, 7) is 4.36. The number of aliphatic carboxylic acids is 1. The maximum atomic E-state index is 12.2. The monoisotopic (exact) mass is 292 g/mol. The fourth-order valence-corrected chi connectivity index (χ4v) is 2.32. The summed E-state index contributed by atoms with van der Waals surface area (Å²) in [7, 11) is 0. The van der Waals surface area contributed by atoms with E-state index < -0.39 is 23.1 Å². The minimum absolute atomic E-state index is 0.426. The molecule has 0 saturated carbocycles. The number of carboxylic acids is 1. The molecule has 0 aromatic heterocycles. The Balaban J connectivity index is 2.13. The molecule has 6 nitrogen and oxygen atoms in total. The Morgan fingerprint density at radius 1 is 1.33 bits per heavy atom. The van der Waals surface area contributed by atoms with Gasteiger partial charge in [-0.25, -0.2) is 9.59 Å². The van der Waals surface area contributed by atoms with Gasteiger partial charge in [0.25, 0.3) is 0 Å².